The highest BCUT2D eigenvalue weighted by Crippen LogP contribution is 2.27. The molecular weight excluding hydrogens is 306 g/mol. The number of carbonyl (C=O) groups is 2. The first-order valence-corrected chi connectivity index (χ1v) is 6.92. The van der Waals surface area contributed by atoms with Gasteiger partial charge in [0.05, 0.1) is 15.3 Å². The third-order valence-electron chi connectivity index (χ3n) is 3.03. The van der Waals surface area contributed by atoms with Crippen molar-refractivity contribution in [3.63, 3.8) is 0 Å². The summed E-state index contributed by atoms with van der Waals surface area (Å²) in [6.07, 6.45) is 0. The molecule has 2 atom stereocenters. The Hall–Kier alpha value is -0.880. The van der Waals surface area contributed by atoms with Crippen LogP contribution in [-0.4, -0.2) is 35.0 Å². The van der Waals surface area contributed by atoms with Crippen molar-refractivity contribution in [2.24, 2.45) is 11.8 Å². The van der Waals surface area contributed by atoms with Crippen LogP contribution in [0.5, 0.6) is 0 Å². The fourth-order valence-electron chi connectivity index (χ4n) is 2.06. The van der Waals surface area contributed by atoms with Crippen molar-refractivity contribution >= 4 is 39.1 Å². The standard InChI is InChI=1S/C11H12BrNO3S/c1-6-3-13(4-8(6)11(15)16)10(14)7-2-9(12)17-5-7/h2,5-6,8H,3-4H2,1H3,(H,15,16)/t6-,8-/m1/s1. The van der Waals surface area contributed by atoms with Gasteiger partial charge in [-0.3, -0.25) is 9.59 Å². The molecule has 1 aliphatic rings. The number of carboxylic acids is 1. The van der Waals surface area contributed by atoms with Crippen LogP contribution in [0.15, 0.2) is 15.2 Å². The van der Waals surface area contributed by atoms with Gasteiger partial charge in [-0.05, 0) is 27.9 Å². The maximum absolute atomic E-state index is 12.1. The van der Waals surface area contributed by atoms with E-state index in [1.165, 1.54) is 11.3 Å². The third kappa shape index (κ3) is 2.52. The van der Waals surface area contributed by atoms with E-state index in [0.717, 1.165) is 3.79 Å². The van der Waals surface area contributed by atoms with Gasteiger partial charge in [0, 0.05) is 18.5 Å². The van der Waals surface area contributed by atoms with Crippen molar-refractivity contribution < 1.29 is 14.7 Å². The largest absolute Gasteiger partial charge is 0.481 e. The lowest BCUT2D eigenvalue weighted by Crippen LogP contribution is -2.29. The van der Waals surface area contributed by atoms with Crippen LogP contribution in [-0.2, 0) is 4.79 Å². The summed E-state index contributed by atoms with van der Waals surface area (Å²) in [5, 5.41) is 10.8. The van der Waals surface area contributed by atoms with Gasteiger partial charge in [-0.15, -0.1) is 11.3 Å². The van der Waals surface area contributed by atoms with Crippen LogP contribution in [0.2, 0.25) is 0 Å². The highest BCUT2D eigenvalue weighted by atomic mass is 79.9. The van der Waals surface area contributed by atoms with E-state index in [2.05, 4.69) is 15.9 Å². The zero-order valence-electron chi connectivity index (χ0n) is 9.22. The summed E-state index contributed by atoms with van der Waals surface area (Å²) in [6, 6.07) is 1.77. The van der Waals surface area contributed by atoms with Gasteiger partial charge in [0.2, 0.25) is 0 Å². The molecule has 1 aromatic rings. The zero-order chi connectivity index (χ0) is 12.6. The van der Waals surface area contributed by atoms with Crippen LogP contribution < -0.4 is 0 Å². The lowest BCUT2D eigenvalue weighted by molar-refractivity contribution is -0.142. The Morgan fingerprint density at radius 3 is 2.71 bits per heavy atom. The number of likely N-dealkylation sites (tertiary alicyclic amines) is 1. The minimum Gasteiger partial charge on any atom is -0.481 e. The molecule has 0 unspecified atom stereocenters. The first kappa shape index (κ1) is 12.6. The van der Waals surface area contributed by atoms with Gasteiger partial charge in [0.1, 0.15) is 0 Å². The molecule has 0 radical (unpaired) electrons. The Balaban J connectivity index is 2.10. The van der Waals surface area contributed by atoms with Crippen molar-refractivity contribution in [3.8, 4) is 0 Å². The second-order valence-electron chi connectivity index (χ2n) is 4.27. The molecule has 0 aromatic carbocycles. The van der Waals surface area contributed by atoms with Crippen LogP contribution in [0.1, 0.15) is 17.3 Å². The van der Waals surface area contributed by atoms with Crippen LogP contribution >= 0.6 is 27.3 Å². The van der Waals surface area contributed by atoms with E-state index < -0.39 is 11.9 Å². The third-order valence-corrected chi connectivity index (χ3v) is 4.54. The maximum atomic E-state index is 12.1. The van der Waals surface area contributed by atoms with E-state index in [1.54, 1.807) is 16.3 Å². The number of rotatable bonds is 2. The average molecular weight is 318 g/mol. The lowest BCUT2D eigenvalue weighted by Gasteiger charge is -2.14. The SMILES string of the molecule is C[C@@H]1CN(C(=O)c2csc(Br)c2)C[C@H]1C(=O)O. The molecule has 1 fully saturated rings. The molecule has 2 heterocycles. The summed E-state index contributed by atoms with van der Waals surface area (Å²) in [4.78, 5) is 24.7. The average Bonchev–Trinajstić information content (AvgIpc) is 2.83. The van der Waals surface area contributed by atoms with E-state index >= 15 is 0 Å². The van der Waals surface area contributed by atoms with E-state index in [9.17, 15) is 9.59 Å². The molecule has 6 heteroatoms. The molecule has 92 valence electrons. The van der Waals surface area contributed by atoms with Gasteiger partial charge in [-0.2, -0.15) is 0 Å². The molecule has 2 rings (SSSR count). The number of carboxylic acid groups (broad SMARTS) is 1. The number of hydrogen-bond donors (Lipinski definition) is 1. The van der Waals surface area contributed by atoms with Crippen molar-refractivity contribution in [3.05, 3.63) is 20.8 Å². The molecule has 0 bridgehead atoms. The molecule has 1 aromatic heterocycles. The molecule has 1 saturated heterocycles. The molecule has 1 N–H and O–H groups in total. The van der Waals surface area contributed by atoms with Gasteiger partial charge >= 0.3 is 5.97 Å². The van der Waals surface area contributed by atoms with Crippen molar-refractivity contribution in [1.29, 1.82) is 0 Å². The Bertz CT molecular complexity index is 459. The Morgan fingerprint density at radius 2 is 2.24 bits per heavy atom. The molecule has 17 heavy (non-hydrogen) atoms. The molecule has 1 amide bonds. The predicted molar refractivity (Wildman–Crippen MR) is 68.2 cm³/mol. The van der Waals surface area contributed by atoms with E-state index in [0.29, 0.717) is 18.7 Å². The normalized spacial score (nSPS) is 24.0. The summed E-state index contributed by atoms with van der Waals surface area (Å²) in [7, 11) is 0. The monoisotopic (exact) mass is 317 g/mol. The second-order valence-corrected chi connectivity index (χ2v) is 6.56. The maximum Gasteiger partial charge on any atom is 0.308 e. The topological polar surface area (TPSA) is 57.6 Å². The van der Waals surface area contributed by atoms with Crippen LogP contribution in [0.25, 0.3) is 0 Å². The second kappa shape index (κ2) is 4.78. The fourth-order valence-corrected chi connectivity index (χ4v) is 3.19. The molecule has 4 nitrogen and oxygen atoms in total. The van der Waals surface area contributed by atoms with Gasteiger partial charge in [-0.25, -0.2) is 0 Å². The summed E-state index contributed by atoms with van der Waals surface area (Å²) >= 11 is 4.76. The summed E-state index contributed by atoms with van der Waals surface area (Å²) in [6.45, 7) is 2.70. The molecule has 0 saturated carbocycles. The van der Waals surface area contributed by atoms with Gasteiger partial charge in [0.25, 0.3) is 5.91 Å². The molecular formula is C11H12BrNO3S. The Kier molecular flexibility index (Phi) is 3.53. The number of nitrogens with zero attached hydrogens (tertiary/aromatic N) is 1. The van der Waals surface area contributed by atoms with Crippen molar-refractivity contribution in [2.45, 2.75) is 6.92 Å². The zero-order valence-corrected chi connectivity index (χ0v) is 11.6. The summed E-state index contributed by atoms with van der Waals surface area (Å²) < 4.78 is 0.905. The van der Waals surface area contributed by atoms with Gasteiger partial charge in [-0.1, -0.05) is 6.92 Å². The number of halogens is 1. The number of thiophene rings is 1. The van der Waals surface area contributed by atoms with Crippen LogP contribution in [0, 0.1) is 11.8 Å². The molecule has 1 aliphatic heterocycles. The quantitative estimate of drug-likeness (QED) is 0.910. The van der Waals surface area contributed by atoms with E-state index in [1.807, 2.05) is 6.92 Å². The summed E-state index contributed by atoms with van der Waals surface area (Å²) in [5.74, 6) is -1.33. The van der Waals surface area contributed by atoms with Crippen LogP contribution in [0.3, 0.4) is 0 Å². The number of amides is 1. The fraction of sp³-hybridized carbons (Fsp3) is 0.455. The first-order chi connectivity index (χ1) is 7.99. The first-order valence-electron chi connectivity index (χ1n) is 5.25. The van der Waals surface area contributed by atoms with Crippen molar-refractivity contribution in [2.75, 3.05) is 13.1 Å². The minimum atomic E-state index is -0.820. The van der Waals surface area contributed by atoms with Crippen molar-refractivity contribution in [1.82, 2.24) is 4.90 Å². The Morgan fingerprint density at radius 1 is 1.53 bits per heavy atom. The smallest absolute Gasteiger partial charge is 0.308 e. The highest BCUT2D eigenvalue weighted by molar-refractivity contribution is 9.11. The van der Waals surface area contributed by atoms with Gasteiger partial charge in [0.15, 0.2) is 0 Å². The van der Waals surface area contributed by atoms with Gasteiger partial charge < -0.3 is 10.0 Å². The van der Waals surface area contributed by atoms with Crippen LogP contribution in [0.4, 0.5) is 0 Å². The van der Waals surface area contributed by atoms with E-state index in [-0.39, 0.29) is 11.8 Å². The lowest BCUT2D eigenvalue weighted by atomic mass is 9.99. The molecule has 0 aliphatic carbocycles. The minimum absolute atomic E-state index is 0.0125. The van der Waals surface area contributed by atoms with E-state index in [4.69, 9.17) is 5.11 Å². The highest BCUT2D eigenvalue weighted by Gasteiger charge is 2.37. The Labute approximate surface area is 111 Å². The summed E-state index contributed by atoms with van der Waals surface area (Å²) in [5.41, 5.74) is 0.625. The predicted octanol–water partition coefficient (Wildman–Crippen LogP) is 2.30. The number of aliphatic carboxylic acids is 1. The number of hydrogen-bond acceptors (Lipinski definition) is 3. The number of carbonyl (C=O) groups excluding carboxylic acids is 1. The molecule has 0 spiro atoms.